The molecule has 0 aromatic carbocycles. The third-order valence-corrected chi connectivity index (χ3v) is 1.66. The molecule has 1 heterocycles. The molecule has 0 amide bonds. The molecule has 0 fully saturated rings. The maximum atomic E-state index is 12.2. The Bertz CT molecular complexity index is 300. The molecule has 1 aromatic heterocycles. The fourth-order valence-corrected chi connectivity index (χ4v) is 0.977. The molecule has 13 heavy (non-hydrogen) atoms. The topological polar surface area (TPSA) is 43.8 Å². The monoisotopic (exact) mass is 193 g/mol. The molecule has 0 radical (unpaired) electrons. The summed E-state index contributed by atoms with van der Waals surface area (Å²) in [6.07, 6.45) is -4.37. The molecule has 1 unspecified atom stereocenters. The second-order valence-electron chi connectivity index (χ2n) is 2.86. The Morgan fingerprint density at radius 1 is 1.54 bits per heavy atom. The van der Waals surface area contributed by atoms with Crippen molar-refractivity contribution < 1.29 is 13.2 Å². The van der Waals surface area contributed by atoms with Gasteiger partial charge in [-0.1, -0.05) is 0 Å². The maximum absolute atomic E-state index is 12.2. The van der Waals surface area contributed by atoms with Crippen molar-refractivity contribution in [1.82, 2.24) is 9.78 Å². The van der Waals surface area contributed by atoms with Crippen molar-refractivity contribution in [2.75, 3.05) is 0 Å². The minimum atomic E-state index is -4.37. The second-order valence-corrected chi connectivity index (χ2v) is 2.86. The van der Waals surface area contributed by atoms with Crippen LogP contribution >= 0.6 is 0 Å². The van der Waals surface area contributed by atoms with Gasteiger partial charge in [0.1, 0.15) is 5.69 Å². The zero-order chi connectivity index (χ0) is 10.2. The molecule has 0 spiro atoms. The lowest BCUT2D eigenvalue weighted by atomic mass is 10.2. The van der Waals surface area contributed by atoms with Gasteiger partial charge in [0.25, 0.3) is 0 Å². The van der Waals surface area contributed by atoms with Gasteiger partial charge in [-0.05, 0) is 13.0 Å². The molecule has 0 aliphatic carbocycles. The fraction of sp³-hybridized carbons (Fsp3) is 0.571. The Labute approximate surface area is 73.3 Å². The van der Waals surface area contributed by atoms with Gasteiger partial charge in [0.15, 0.2) is 0 Å². The summed E-state index contributed by atoms with van der Waals surface area (Å²) in [7, 11) is 1.24. The summed E-state index contributed by atoms with van der Waals surface area (Å²) in [6.45, 7) is 1.59. The largest absolute Gasteiger partial charge is 0.433 e. The van der Waals surface area contributed by atoms with E-state index in [1.807, 2.05) is 0 Å². The van der Waals surface area contributed by atoms with E-state index >= 15 is 0 Å². The van der Waals surface area contributed by atoms with Gasteiger partial charge < -0.3 is 5.73 Å². The van der Waals surface area contributed by atoms with Crippen molar-refractivity contribution in [2.45, 2.75) is 19.1 Å². The smallest absolute Gasteiger partial charge is 0.323 e. The van der Waals surface area contributed by atoms with Crippen molar-refractivity contribution in [3.63, 3.8) is 0 Å². The third-order valence-electron chi connectivity index (χ3n) is 1.66. The van der Waals surface area contributed by atoms with Crippen molar-refractivity contribution in [3.05, 3.63) is 17.5 Å². The Kier molecular flexibility index (Phi) is 2.34. The first-order valence-electron chi connectivity index (χ1n) is 3.69. The van der Waals surface area contributed by atoms with E-state index in [1.54, 1.807) is 6.92 Å². The molecule has 0 saturated heterocycles. The Balaban J connectivity index is 3.11. The van der Waals surface area contributed by atoms with Gasteiger partial charge in [0.2, 0.25) is 0 Å². The van der Waals surface area contributed by atoms with Gasteiger partial charge in [-0.25, -0.2) is 0 Å². The minimum Gasteiger partial charge on any atom is -0.323 e. The molecule has 3 nitrogen and oxygen atoms in total. The van der Waals surface area contributed by atoms with E-state index < -0.39 is 17.9 Å². The molecule has 6 heteroatoms. The summed E-state index contributed by atoms with van der Waals surface area (Å²) in [4.78, 5) is 0. The quantitative estimate of drug-likeness (QED) is 0.733. The highest BCUT2D eigenvalue weighted by molar-refractivity contribution is 5.15. The van der Waals surface area contributed by atoms with Crippen LogP contribution in [0.2, 0.25) is 0 Å². The highest BCUT2D eigenvalue weighted by Gasteiger charge is 2.35. The SMILES string of the molecule is CC(N)c1cc(C(F)(F)F)n(C)n1. The number of nitrogens with two attached hydrogens (primary N) is 1. The number of rotatable bonds is 1. The molecule has 1 aromatic rings. The Morgan fingerprint density at radius 2 is 2.08 bits per heavy atom. The number of aryl methyl sites for hydroxylation is 1. The second kappa shape index (κ2) is 3.02. The Hall–Kier alpha value is -1.04. The molecule has 2 N–H and O–H groups in total. The van der Waals surface area contributed by atoms with Gasteiger partial charge in [0, 0.05) is 13.1 Å². The number of hydrogen-bond donors (Lipinski definition) is 1. The van der Waals surface area contributed by atoms with Gasteiger partial charge in [0.05, 0.1) is 5.69 Å². The van der Waals surface area contributed by atoms with E-state index in [1.165, 1.54) is 7.05 Å². The predicted molar refractivity (Wildman–Crippen MR) is 40.8 cm³/mol. The summed E-state index contributed by atoms with van der Waals surface area (Å²) in [6, 6.07) is 0.479. The van der Waals surface area contributed by atoms with E-state index in [2.05, 4.69) is 5.10 Å². The first-order chi connectivity index (χ1) is 5.82. The number of aromatic nitrogens is 2. The predicted octanol–water partition coefficient (Wildman–Crippen LogP) is 1.46. The standard InChI is InChI=1S/C7H10F3N3/c1-4(11)5-3-6(7(8,9)10)13(2)12-5/h3-4H,11H2,1-2H3. The third kappa shape index (κ3) is 2.00. The molecule has 1 atom stereocenters. The number of hydrogen-bond acceptors (Lipinski definition) is 2. The van der Waals surface area contributed by atoms with Gasteiger partial charge in [-0.15, -0.1) is 0 Å². The average Bonchev–Trinajstić information content (AvgIpc) is 2.29. The van der Waals surface area contributed by atoms with Gasteiger partial charge >= 0.3 is 6.18 Å². The van der Waals surface area contributed by atoms with E-state index in [4.69, 9.17) is 5.73 Å². The van der Waals surface area contributed by atoms with Crippen LogP contribution in [0.3, 0.4) is 0 Å². The average molecular weight is 193 g/mol. The molecular formula is C7H10F3N3. The van der Waals surface area contributed by atoms with E-state index in [-0.39, 0.29) is 5.69 Å². The zero-order valence-corrected chi connectivity index (χ0v) is 7.26. The normalized spacial score (nSPS) is 14.6. The van der Waals surface area contributed by atoms with Crippen LogP contribution in [0.4, 0.5) is 13.2 Å². The van der Waals surface area contributed by atoms with Crippen LogP contribution in [-0.2, 0) is 13.2 Å². The van der Waals surface area contributed by atoms with E-state index in [0.29, 0.717) is 0 Å². The van der Waals surface area contributed by atoms with Crippen molar-refractivity contribution in [3.8, 4) is 0 Å². The van der Waals surface area contributed by atoms with E-state index in [9.17, 15) is 13.2 Å². The van der Waals surface area contributed by atoms with Crippen molar-refractivity contribution >= 4 is 0 Å². The van der Waals surface area contributed by atoms with Crippen LogP contribution < -0.4 is 5.73 Å². The molecule has 1 rings (SSSR count). The maximum Gasteiger partial charge on any atom is 0.433 e. The summed E-state index contributed by atoms with van der Waals surface area (Å²) in [5.41, 5.74) is 4.86. The molecular weight excluding hydrogens is 183 g/mol. The zero-order valence-electron chi connectivity index (χ0n) is 7.26. The van der Waals surface area contributed by atoms with Crippen molar-refractivity contribution in [1.29, 1.82) is 0 Å². The van der Waals surface area contributed by atoms with Crippen LogP contribution in [0.15, 0.2) is 6.07 Å². The van der Waals surface area contributed by atoms with Gasteiger partial charge in [-0.3, -0.25) is 4.68 Å². The first-order valence-corrected chi connectivity index (χ1v) is 3.69. The molecule has 0 aliphatic heterocycles. The number of nitrogens with zero attached hydrogens (tertiary/aromatic N) is 2. The van der Waals surface area contributed by atoms with Crippen LogP contribution in [0, 0.1) is 0 Å². The van der Waals surface area contributed by atoms with E-state index in [0.717, 1.165) is 10.7 Å². The first kappa shape index (κ1) is 10.0. The van der Waals surface area contributed by atoms with Crippen LogP contribution in [0.25, 0.3) is 0 Å². The highest BCUT2D eigenvalue weighted by atomic mass is 19.4. The molecule has 0 bridgehead atoms. The summed E-state index contributed by atoms with van der Waals surface area (Å²) >= 11 is 0. The summed E-state index contributed by atoms with van der Waals surface area (Å²) in [5.74, 6) is 0. The highest BCUT2D eigenvalue weighted by Crippen LogP contribution is 2.29. The van der Waals surface area contributed by atoms with Crippen LogP contribution in [0.1, 0.15) is 24.4 Å². The molecule has 0 saturated carbocycles. The number of alkyl halides is 3. The number of halogens is 3. The lowest BCUT2D eigenvalue weighted by Crippen LogP contribution is -2.11. The van der Waals surface area contributed by atoms with Crippen LogP contribution in [-0.4, -0.2) is 9.78 Å². The minimum absolute atomic E-state index is 0.245. The lowest BCUT2D eigenvalue weighted by molar-refractivity contribution is -0.143. The summed E-state index contributed by atoms with van der Waals surface area (Å²) in [5, 5.41) is 3.65. The van der Waals surface area contributed by atoms with Gasteiger partial charge in [-0.2, -0.15) is 18.3 Å². The van der Waals surface area contributed by atoms with Crippen molar-refractivity contribution in [2.24, 2.45) is 12.8 Å². The molecule has 0 aliphatic rings. The molecule has 74 valence electrons. The van der Waals surface area contributed by atoms with Crippen LogP contribution in [0.5, 0.6) is 0 Å². The summed E-state index contributed by atoms with van der Waals surface area (Å²) < 4.78 is 37.5. The fourth-order valence-electron chi connectivity index (χ4n) is 0.977. The lowest BCUT2D eigenvalue weighted by Gasteiger charge is -2.04. The Morgan fingerprint density at radius 3 is 2.31 bits per heavy atom.